The Morgan fingerprint density at radius 3 is 2.64 bits per heavy atom. The van der Waals surface area contributed by atoms with E-state index in [2.05, 4.69) is 28.7 Å². The molecule has 9 heteroatoms. The smallest absolute Gasteiger partial charge is 0.243 e. The van der Waals surface area contributed by atoms with Crippen molar-refractivity contribution in [2.24, 2.45) is 0 Å². The first kappa shape index (κ1) is 23.9. The van der Waals surface area contributed by atoms with E-state index in [0.717, 1.165) is 38.0 Å². The van der Waals surface area contributed by atoms with Gasteiger partial charge in [-0.25, -0.2) is 12.8 Å². The fourth-order valence-electron chi connectivity index (χ4n) is 4.01. The molecule has 33 heavy (non-hydrogen) atoms. The van der Waals surface area contributed by atoms with Gasteiger partial charge in [-0.3, -0.25) is 0 Å². The lowest BCUT2D eigenvalue weighted by molar-refractivity contribution is -0.108. The molecule has 0 spiro atoms. The number of sulfonamides is 1. The van der Waals surface area contributed by atoms with E-state index in [1.165, 1.54) is 16.4 Å². The van der Waals surface area contributed by atoms with Gasteiger partial charge < -0.3 is 14.1 Å². The number of halogens is 2. The summed E-state index contributed by atoms with van der Waals surface area (Å²) in [6.07, 6.45) is 5.01. The zero-order valence-electron chi connectivity index (χ0n) is 18.3. The van der Waals surface area contributed by atoms with Crippen LogP contribution in [0.2, 0.25) is 0 Å². The van der Waals surface area contributed by atoms with Crippen LogP contribution in [0.15, 0.2) is 53.6 Å². The van der Waals surface area contributed by atoms with E-state index >= 15 is 0 Å². The summed E-state index contributed by atoms with van der Waals surface area (Å²) < 4.78 is 50.3. The lowest BCUT2D eigenvalue weighted by Crippen LogP contribution is -2.34. The Hall–Kier alpha value is -2.24. The predicted octanol–water partition coefficient (Wildman–Crippen LogP) is 4.85. The molecule has 3 aromatic rings. The SMILES string of the molecule is CC(C)Oc1ccc(S(=O)(=O)N2CC=C(c3cn(CC=O)c4ccc(I)cc34)CC2)cc1F. The number of hydrogen-bond acceptors (Lipinski definition) is 4. The lowest BCUT2D eigenvalue weighted by Gasteiger charge is -2.26. The molecule has 1 aliphatic rings. The largest absolute Gasteiger partial charge is 0.488 e. The van der Waals surface area contributed by atoms with Crippen LogP contribution in [0.1, 0.15) is 25.8 Å². The van der Waals surface area contributed by atoms with Gasteiger partial charge in [-0.05, 0) is 84.8 Å². The molecule has 1 aliphatic heterocycles. The molecule has 174 valence electrons. The highest BCUT2D eigenvalue weighted by molar-refractivity contribution is 14.1. The van der Waals surface area contributed by atoms with Crippen LogP contribution in [-0.2, 0) is 21.4 Å². The minimum atomic E-state index is -3.85. The van der Waals surface area contributed by atoms with Gasteiger partial charge in [0, 0.05) is 39.3 Å². The number of benzene rings is 2. The first-order valence-corrected chi connectivity index (χ1v) is 13.1. The van der Waals surface area contributed by atoms with Crippen LogP contribution >= 0.6 is 22.6 Å². The zero-order chi connectivity index (χ0) is 23.8. The Bertz CT molecular complexity index is 1350. The molecular formula is C24H24FIN2O4S. The highest BCUT2D eigenvalue weighted by atomic mass is 127. The molecule has 6 nitrogen and oxygen atoms in total. The van der Waals surface area contributed by atoms with Crippen LogP contribution in [-0.4, -0.2) is 42.8 Å². The lowest BCUT2D eigenvalue weighted by atomic mass is 10.00. The van der Waals surface area contributed by atoms with Crippen LogP contribution in [0.25, 0.3) is 16.5 Å². The number of rotatable bonds is 7. The van der Waals surface area contributed by atoms with Crippen molar-refractivity contribution in [2.75, 3.05) is 13.1 Å². The summed E-state index contributed by atoms with van der Waals surface area (Å²) in [5, 5.41) is 1.04. The van der Waals surface area contributed by atoms with E-state index in [1.54, 1.807) is 13.8 Å². The second-order valence-corrected chi connectivity index (χ2v) is 11.3. The average Bonchev–Trinajstić information content (AvgIpc) is 3.12. The molecule has 0 N–H and O–H groups in total. The Labute approximate surface area is 206 Å². The van der Waals surface area contributed by atoms with Crippen LogP contribution < -0.4 is 4.74 Å². The third-order valence-electron chi connectivity index (χ3n) is 5.54. The van der Waals surface area contributed by atoms with Gasteiger partial charge >= 0.3 is 0 Å². The average molecular weight is 582 g/mol. The van der Waals surface area contributed by atoms with Crippen molar-refractivity contribution in [2.45, 2.75) is 37.8 Å². The fourth-order valence-corrected chi connectivity index (χ4v) is 5.89. The van der Waals surface area contributed by atoms with Gasteiger partial charge in [0.05, 0.1) is 17.5 Å². The third kappa shape index (κ3) is 4.85. The normalized spacial score (nSPS) is 15.1. The monoisotopic (exact) mass is 582 g/mol. The third-order valence-corrected chi connectivity index (χ3v) is 8.07. The van der Waals surface area contributed by atoms with Crippen molar-refractivity contribution in [1.82, 2.24) is 8.87 Å². The second kappa shape index (κ2) is 9.55. The minimum absolute atomic E-state index is 0.0334. The summed E-state index contributed by atoms with van der Waals surface area (Å²) in [5.74, 6) is -0.665. The maximum absolute atomic E-state index is 14.4. The second-order valence-electron chi connectivity index (χ2n) is 8.12. The van der Waals surface area contributed by atoms with Crippen LogP contribution in [0, 0.1) is 9.39 Å². The van der Waals surface area contributed by atoms with Crippen LogP contribution in [0.5, 0.6) is 5.75 Å². The predicted molar refractivity (Wildman–Crippen MR) is 134 cm³/mol. The number of fused-ring (bicyclic) bond motifs is 1. The van der Waals surface area contributed by atoms with E-state index in [-0.39, 0.29) is 36.4 Å². The van der Waals surface area contributed by atoms with Crippen molar-refractivity contribution >= 4 is 55.4 Å². The molecule has 0 saturated heterocycles. The Kier molecular flexibility index (Phi) is 6.92. The van der Waals surface area contributed by atoms with E-state index in [9.17, 15) is 17.6 Å². The van der Waals surface area contributed by atoms with Gasteiger partial charge in [0.2, 0.25) is 10.0 Å². The highest BCUT2D eigenvalue weighted by Crippen LogP contribution is 2.33. The molecule has 0 radical (unpaired) electrons. The summed E-state index contributed by atoms with van der Waals surface area (Å²) in [7, 11) is -3.85. The molecule has 0 amide bonds. The molecule has 0 fully saturated rings. The van der Waals surface area contributed by atoms with Gasteiger partial charge in [-0.2, -0.15) is 4.31 Å². The summed E-state index contributed by atoms with van der Waals surface area (Å²) in [5.41, 5.74) is 3.00. The molecule has 2 aromatic carbocycles. The molecule has 0 unspecified atom stereocenters. The number of aldehydes is 1. The molecule has 2 heterocycles. The summed E-state index contributed by atoms with van der Waals surface area (Å²) in [4.78, 5) is 11.0. The standard InChI is InChI=1S/C24H24FIN2O4S/c1-16(2)32-24-6-4-19(14-22(24)25)33(30,31)28-9-7-17(8-10-28)21-15-27(11-12-29)23-5-3-18(26)13-20(21)23/h3-7,12-16H,8-11H2,1-2H3. The number of carbonyl (C=O) groups is 1. The van der Waals surface area contributed by atoms with Crippen molar-refractivity contribution in [3.05, 3.63) is 63.6 Å². The molecule has 0 atom stereocenters. The number of nitrogens with zero attached hydrogens (tertiary/aromatic N) is 2. The summed E-state index contributed by atoms with van der Waals surface area (Å²) in [6, 6.07) is 9.81. The van der Waals surface area contributed by atoms with Crippen molar-refractivity contribution in [3.63, 3.8) is 0 Å². The number of hydrogen-bond donors (Lipinski definition) is 0. The number of ether oxygens (including phenoxy) is 1. The van der Waals surface area contributed by atoms with E-state index in [1.807, 2.05) is 29.0 Å². The Balaban J connectivity index is 1.61. The van der Waals surface area contributed by atoms with E-state index in [4.69, 9.17) is 4.74 Å². The molecule has 4 rings (SSSR count). The first-order chi connectivity index (χ1) is 15.7. The molecule has 1 aromatic heterocycles. The Morgan fingerprint density at radius 2 is 2.00 bits per heavy atom. The van der Waals surface area contributed by atoms with Crippen molar-refractivity contribution in [1.29, 1.82) is 0 Å². The van der Waals surface area contributed by atoms with Crippen LogP contribution in [0.3, 0.4) is 0 Å². The van der Waals surface area contributed by atoms with Crippen LogP contribution in [0.4, 0.5) is 4.39 Å². The van der Waals surface area contributed by atoms with Gasteiger partial charge in [-0.15, -0.1) is 0 Å². The zero-order valence-corrected chi connectivity index (χ0v) is 21.3. The number of aromatic nitrogens is 1. The molecule has 0 saturated carbocycles. The van der Waals surface area contributed by atoms with E-state index < -0.39 is 15.8 Å². The maximum Gasteiger partial charge on any atom is 0.243 e. The Morgan fingerprint density at radius 1 is 1.21 bits per heavy atom. The summed E-state index contributed by atoms with van der Waals surface area (Å²) in [6.45, 7) is 4.28. The van der Waals surface area contributed by atoms with Crippen molar-refractivity contribution < 1.29 is 22.3 Å². The highest BCUT2D eigenvalue weighted by Gasteiger charge is 2.28. The fraction of sp³-hybridized carbons (Fsp3) is 0.292. The molecular weight excluding hydrogens is 558 g/mol. The van der Waals surface area contributed by atoms with Crippen molar-refractivity contribution in [3.8, 4) is 5.75 Å². The van der Waals surface area contributed by atoms with E-state index in [0.29, 0.717) is 6.42 Å². The number of carbonyl (C=O) groups excluding carboxylic acids is 1. The summed E-state index contributed by atoms with van der Waals surface area (Å²) >= 11 is 2.25. The minimum Gasteiger partial charge on any atom is -0.488 e. The van der Waals surface area contributed by atoms with Gasteiger partial charge in [0.25, 0.3) is 0 Å². The first-order valence-electron chi connectivity index (χ1n) is 10.6. The molecule has 0 bridgehead atoms. The molecule has 0 aliphatic carbocycles. The van der Waals surface area contributed by atoms with Gasteiger partial charge in [0.1, 0.15) is 6.29 Å². The van der Waals surface area contributed by atoms with Gasteiger partial charge in [-0.1, -0.05) is 6.08 Å². The van der Waals surface area contributed by atoms with Gasteiger partial charge in [0.15, 0.2) is 11.6 Å². The maximum atomic E-state index is 14.4. The quantitative estimate of drug-likeness (QED) is 0.295. The topological polar surface area (TPSA) is 68.6 Å².